The molecule has 0 saturated heterocycles. The molecule has 0 aliphatic rings. The van der Waals surface area contributed by atoms with E-state index in [9.17, 15) is 4.79 Å². The third kappa shape index (κ3) is 4.10. The van der Waals surface area contributed by atoms with Crippen LogP contribution >= 0.6 is 46.4 Å². The quantitative estimate of drug-likeness (QED) is 0.586. The first kappa shape index (κ1) is 18.1. The van der Waals surface area contributed by atoms with Crippen molar-refractivity contribution in [1.82, 2.24) is 9.78 Å². The molecule has 0 aliphatic heterocycles. The van der Waals surface area contributed by atoms with Crippen molar-refractivity contribution in [2.24, 2.45) is 0 Å². The number of rotatable bonds is 4. The number of halogens is 4. The Morgan fingerprint density at radius 3 is 2.36 bits per heavy atom. The normalized spacial score (nSPS) is 10.7. The Kier molecular flexibility index (Phi) is 5.54. The zero-order chi connectivity index (χ0) is 18.0. The van der Waals surface area contributed by atoms with E-state index in [0.717, 1.165) is 5.56 Å². The first-order chi connectivity index (χ1) is 12.0. The molecule has 0 unspecified atom stereocenters. The third-order valence-corrected chi connectivity index (χ3v) is 5.00. The van der Waals surface area contributed by atoms with Crippen molar-refractivity contribution in [3.63, 3.8) is 0 Å². The molecular weight excluding hydrogens is 404 g/mol. The van der Waals surface area contributed by atoms with E-state index in [4.69, 9.17) is 46.4 Å². The molecule has 0 radical (unpaired) electrons. The number of hydrogen-bond acceptors (Lipinski definition) is 2. The van der Waals surface area contributed by atoms with E-state index in [2.05, 4.69) is 10.4 Å². The Hall–Kier alpha value is -1.72. The van der Waals surface area contributed by atoms with Gasteiger partial charge in [0.25, 0.3) is 5.91 Å². The minimum absolute atomic E-state index is 0.205. The summed E-state index contributed by atoms with van der Waals surface area (Å²) in [5.41, 5.74) is 1.56. The molecule has 0 bridgehead atoms. The summed E-state index contributed by atoms with van der Waals surface area (Å²) in [7, 11) is 0. The smallest absolute Gasteiger partial charge is 0.257 e. The molecule has 3 aromatic rings. The van der Waals surface area contributed by atoms with Gasteiger partial charge in [-0.15, -0.1) is 0 Å². The van der Waals surface area contributed by atoms with Gasteiger partial charge in [-0.3, -0.25) is 9.48 Å². The Morgan fingerprint density at radius 2 is 1.64 bits per heavy atom. The van der Waals surface area contributed by atoms with Gasteiger partial charge in [-0.05, 0) is 24.3 Å². The average molecular weight is 415 g/mol. The summed E-state index contributed by atoms with van der Waals surface area (Å²) in [4.78, 5) is 12.3. The van der Waals surface area contributed by atoms with Crippen LogP contribution in [-0.4, -0.2) is 15.7 Å². The van der Waals surface area contributed by atoms with Gasteiger partial charge >= 0.3 is 0 Å². The van der Waals surface area contributed by atoms with Crippen molar-refractivity contribution in [3.8, 4) is 0 Å². The molecular formula is C17H11Cl4N3O. The molecule has 4 nitrogen and oxygen atoms in total. The van der Waals surface area contributed by atoms with E-state index in [1.165, 1.54) is 6.20 Å². The minimum atomic E-state index is -0.372. The maximum absolute atomic E-state index is 12.3. The van der Waals surface area contributed by atoms with Crippen LogP contribution in [0, 0.1) is 0 Å². The Labute approximate surface area is 164 Å². The highest BCUT2D eigenvalue weighted by atomic mass is 35.5. The van der Waals surface area contributed by atoms with Gasteiger partial charge in [0.1, 0.15) is 0 Å². The molecule has 25 heavy (non-hydrogen) atoms. The van der Waals surface area contributed by atoms with Crippen LogP contribution in [0.1, 0.15) is 15.9 Å². The first-order valence-electron chi connectivity index (χ1n) is 7.16. The molecule has 0 atom stereocenters. The van der Waals surface area contributed by atoms with Gasteiger partial charge in [-0.25, -0.2) is 0 Å². The van der Waals surface area contributed by atoms with Crippen molar-refractivity contribution in [1.29, 1.82) is 0 Å². The van der Waals surface area contributed by atoms with E-state index in [0.29, 0.717) is 27.3 Å². The van der Waals surface area contributed by atoms with Crippen molar-refractivity contribution >= 4 is 58.0 Å². The summed E-state index contributed by atoms with van der Waals surface area (Å²) in [5, 5.41) is 8.57. The minimum Gasteiger partial charge on any atom is -0.319 e. The summed E-state index contributed by atoms with van der Waals surface area (Å²) in [6, 6.07) is 10.2. The number of amides is 1. The van der Waals surface area contributed by atoms with Gasteiger partial charge in [-0.1, -0.05) is 58.5 Å². The second-order valence-electron chi connectivity index (χ2n) is 5.18. The second kappa shape index (κ2) is 7.67. The second-order valence-corrected chi connectivity index (χ2v) is 6.78. The molecule has 1 aromatic heterocycles. The summed E-state index contributed by atoms with van der Waals surface area (Å²) < 4.78 is 1.63. The van der Waals surface area contributed by atoms with Gasteiger partial charge in [0.05, 0.1) is 34.0 Å². The van der Waals surface area contributed by atoms with Gasteiger partial charge in [0.15, 0.2) is 0 Å². The molecule has 2 aromatic carbocycles. The fourth-order valence-electron chi connectivity index (χ4n) is 2.24. The molecule has 8 heteroatoms. The highest BCUT2D eigenvalue weighted by molar-refractivity contribution is 6.44. The molecule has 1 heterocycles. The van der Waals surface area contributed by atoms with Crippen molar-refractivity contribution in [2.45, 2.75) is 6.54 Å². The molecule has 128 valence electrons. The Balaban J connectivity index is 1.76. The first-order valence-corrected chi connectivity index (χ1v) is 8.67. The summed E-state index contributed by atoms with van der Waals surface area (Å²) in [6.45, 7) is 0.381. The number of carbonyl (C=O) groups is 1. The fourth-order valence-corrected chi connectivity index (χ4v) is 3.14. The van der Waals surface area contributed by atoms with Crippen LogP contribution in [0.4, 0.5) is 5.69 Å². The van der Waals surface area contributed by atoms with Gasteiger partial charge in [0.2, 0.25) is 0 Å². The van der Waals surface area contributed by atoms with Crippen LogP contribution in [0.3, 0.4) is 0 Å². The predicted octanol–water partition coefficient (Wildman–Crippen LogP) is 5.80. The maximum Gasteiger partial charge on any atom is 0.257 e. The fraction of sp³-hybridized carbons (Fsp3) is 0.0588. The lowest BCUT2D eigenvalue weighted by atomic mass is 10.2. The SMILES string of the molecule is O=C(Nc1cnn(Cc2c(Cl)cccc2Cl)c1)c1cccc(Cl)c1Cl. The largest absolute Gasteiger partial charge is 0.319 e. The van der Waals surface area contributed by atoms with Crippen LogP contribution in [-0.2, 0) is 6.54 Å². The van der Waals surface area contributed by atoms with Crippen LogP contribution in [0.5, 0.6) is 0 Å². The van der Waals surface area contributed by atoms with Gasteiger partial charge < -0.3 is 5.32 Å². The highest BCUT2D eigenvalue weighted by Gasteiger charge is 2.14. The Morgan fingerprint density at radius 1 is 1.00 bits per heavy atom. The molecule has 3 rings (SSSR count). The zero-order valence-electron chi connectivity index (χ0n) is 12.6. The van der Waals surface area contributed by atoms with Crippen molar-refractivity contribution in [2.75, 3.05) is 5.32 Å². The number of hydrogen-bond donors (Lipinski definition) is 1. The lowest BCUT2D eigenvalue weighted by Gasteiger charge is -2.07. The van der Waals surface area contributed by atoms with Crippen LogP contribution in [0.2, 0.25) is 20.1 Å². The molecule has 0 fully saturated rings. The number of aromatic nitrogens is 2. The van der Waals surface area contributed by atoms with Gasteiger partial charge in [-0.2, -0.15) is 5.10 Å². The molecule has 0 aliphatic carbocycles. The maximum atomic E-state index is 12.3. The lowest BCUT2D eigenvalue weighted by Crippen LogP contribution is -2.12. The summed E-state index contributed by atoms with van der Waals surface area (Å²) >= 11 is 24.3. The summed E-state index contributed by atoms with van der Waals surface area (Å²) in [6.07, 6.45) is 3.21. The number of nitrogens with one attached hydrogen (secondary N) is 1. The van der Waals surface area contributed by atoms with E-state index in [1.807, 2.05) is 0 Å². The molecule has 0 saturated carbocycles. The zero-order valence-corrected chi connectivity index (χ0v) is 15.7. The number of benzene rings is 2. The molecule has 1 amide bonds. The number of anilines is 1. The van der Waals surface area contributed by atoms with E-state index >= 15 is 0 Å². The van der Waals surface area contributed by atoms with E-state index < -0.39 is 0 Å². The van der Waals surface area contributed by atoms with Crippen LogP contribution in [0.25, 0.3) is 0 Å². The average Bonchev–Trinajstić information content (AvgIpc) is 3.01. The Bertz CT molecular complexity index is 919. The lowest BCUT2D eigenvalue weighted by molar-refractivity contribution is 0.102. The monoisotopic (exact) mass is 413 g/mol. The van der Waals surface area contributed by atoms with Gasteiger partial charge in [0, 0.05) is 21.8 Å². The van der Waals surface area contributed by atoms with Crippen molar-refractivity contribution < 1.29 is 4.79 Å². The number of nitrogens with zero attached hydrogens (tertiary/aromatic N) is 2. The van der Waals surface area contributed by atoms with Crippen LogP contribution < -0.4 is 5.32 Å². The van der Waals surface area contributed by atoms with E-state index in [-0.39, 0.29) is 16.5 Å². The molecule has 1 N–H and O–H groups in total. The highest BCUT2D eigenvalue weighted by Crippen LogP contribution is 2.27. The standard InChI is InChI=1S/C17H11Cl4N3O/c18-13-4-2-5-14(19)12(13)9-24-8-10(7-22-24)23-17(25)11-3-1-6-15(20)16(11)21/h1-8H,9H2,(H,23,25). The molecule has 0 spiro atoms. The van der Waals surface area contributed by atoms with E-state index in [1.54, 1.807) is 47.3 Å². The third-order valence-electron chi connectivity index (χ3n) is 3.47. The summed E-state index contributed by atoms with van der Waals surface area (Å²) in [5.74, 6) is -0.372. The van der Waals surface area contributed by atoms with Crippen LogP contribution in [0.15, 0.2) is 48.8 Å². The predicted molar refractivity (Wildman–Crippen MR) is 102 cm³/mol. The topological polar surface area (TPSA) is 46.9 Å². The number of carbonyl (C=O) groups excluding carboxylic acids is 1. The van der Waals surface area contributed by atoms with Crippen molar-refractivity contribution in [3.05, 3.63) is 80.0 Å².